The van der Waals surface area contributed by atoms with Gasteiger partial charge in [-0.3, -0.25) is 9.20 Å². The van der Waals surface area contributed by atoms with E-state index in [2.05, 4.69) is 22.1 Å². The summed E-state index contributed by atoms with van der Waals surface area (Å²) in [7, 11) is 0. The molecule has 2 aromatic heterocycles. The van der Waals surface area contributed by atoms with Crippen molar-refractivity contribution in [2.24, 2.45) is 5.92 Å². The van der Waals surface area contributed by atoms with Gasteiger partial charge < -0.3 is 10.2 Å². The smallest absolute Gasteiger partial charge is 0.258 e. The van der Waals surface area contributed by atoms with Crippen LogP contribution in [0.25, 0.3) is 16.9 Å². The number of aryl methyl sites for hydroxylation is 1. The summed E-state index contributed by atoms with van der Waals surface area (Å²) >= 11 is 0. The van der Waals surface area contributed by atoms with Crippen LogP contribution in [-0.2, 0) is 0 Å². The lowest BCUT2D eigenvalue weighted by molar-refractivity contribution is 0.346. The topological polar surface area (TPSA) is 49.6 Å². The largest absolute Gasteiger partial charge is 0.368 e. The second kappa shape index (κ2) is 8.78. The van der Waals surface area contributed by atoms with Crippen LogP contribution in [-0.4, -0.2) is 35.6 Å². The molecule has 3 heterocycles. The fourth-order valence-corrected chi connectivity index (χ4v) is 3.69. The second-order valence-corrected chi connectivity index (χ2v) is 8.23. The molecule has 5 nitrogen and oxygen atoms in total. The van der Waals surface area contributed by atoms with Gasteiger partial charge in [-0.1, -0.05) is 56.0 Å². The molecule has 1 saturated heterocycles. The summed E-state index contributed by atoms with van der Waals surface area (Å²) in [6.45, 7) is 8.20. The van der Waals surface area contributed by atoms with E-state index in [1.54, 1.807) is 10.5 Å². The lowest BCUT2D eigenvalue weighted by atomic mass is 9.88. The first-order valence-electron chi connectivity index (χ1n) is 10.7. The zero-order chi connectivity index (χ0) is 20.2. The molecule has 2 aliphatic rings. The van der Waals surface area contributed by atoms with E-state index < -0.39 is 0 Å². The van der Waals surface area contributed by atoms with E-state index in [1.165, 1.54) is 24.8 Å². The number of pyridine rings is 1. The number of benzene rings is 1. The molecule has 5 rings (SSSR count). The Bertz CT molecular complexity index is 1020. The Kier molecular flexibility index (Phi) is 5.95. The van der Waals surface area contributed by atoms with E-state index in [4.69, 9.17) is 0 Å². The van der Waals surface area contributed by atoms with Gasteiger partial charge in [0.1, 0.15) is 5.65 Å². The Morgan fingerprint density at radius 3 is 2.34 bits per heavy atom. The predicted octanol–water partition coefficient (Wildman–Crippen LogP) is 3.89. The van der Waals surface area contributed by atoms with Crippen molar-refractivity contribution in [3.05, 3.63) is 64.6 Å². The van der Waals surface area contributed by atoms with Crippen molar-refractivity contribution in [2.45, 2.75) is 33.1 Å². The van der Waals surface area contributed by atoms with Gasteiger partial charge in [0.15, 0.2) is 0 Å². The van der Waals surface area contributed by atoms with Gasteiger partial charge in [-0.25, -0.2) is 4.98 Å². The van der Waals surface area contributed by atoms with Crippen molar-refractivity contribution in [3.8, 4) is 11.3 Å². The number of hydrogen-bond donors (Lipinski definition) is 1. The van der Waals surface area contributed by atoms with Gasteiger partial charge in [0, 0.05) is 44.0 Å². The standard InChI is InChI=1S/C19H20N4O.C5H10/c1-14-2-4-15(5-3-14)17-12-19(24)23-13-16(6-7-18(23)21-17)22-10-8-20-9-11-22;1-5-3-2-4-5/h2-7,12-13,20H,8-11H2,1H3;5H,2-4H2,1H3. The van der Waals surface area contributed by atoms with Crippen LogP contribution in [0.2, 0.25) is 0 Å². The quantitative estimate of drug-likeness (QED) is 0.721. The molecule has 1 aliphatic heterocycles. The summed E-state index contributed by atoms with van der Waals surface area (Å²) < 4.78 is 1.63. The van der Waals surface area contributed by atoms with Crippen LogP contribution in [0.1, 0.15) is 31.7 Å². The fourth-order valence-electron chi connectivity index (χ4n) is 3.69. The number of nitrogens with zero attached hydrogens (tertiary/aromatic N) is 3. The van der Waals surface area contributed by atoms with E-state index in [-0.39, 0.29) is 5.56 Å². The molecule has 0 amide bonds. The minimum atomic E-state index is -0.0486. The van der Waals surface area contributed by atoms with Crippen LogP contribution in [0.3, 0.4) is 0 Å². The van der Waals surface area contributed by atoms with Gasteiger partial charge in [-0.05, 0) is 25.0 Å². The van der Waals surface area contributed by atoms with E-state index in [1.807, 2.05) is 49.5 Å². The summed E-state index contributed by atoms with van der Waals surface area (Å²) in [5.74, 6) is 1.06. The maximum atomic E-state index is 12.6. The minimum Gasteiger partial charge on any atom is -0.368 e. The van der Waals surface area contributed by atoms with E-state index >= 15 is 0 Å². The normalized spacial score (nSPS) is 16.8. The summed E-state index contributed by atoms with van der Waals surface area (Å²) in [5, 5.41) is 3.34. The molecule has 1 N–H and O–H groups in total. The Labute approximate surface area is 172 Å². The van der Waals surface area contributed by atoms with Crippen molar-refractivity contribution in [1.29, 1.82) is 0 Å². The van der Waals surface area contributed by atoms with E-state index in [0.717, 1.165) is 49.0 Å². The molecule has 3 aromatic rings. The highest BCUT2D eigenvalue weighted by Crippen LogP contribution is 2.24. The van der Waals surface area contributed by atoms with Crippen molar-refractivity contribution in [1.82, 2.24) is 14.7 Å². The van der Waals surface area contributed by atoms with Crippen LogP contribution in [0.15, 0.2) is 53.5 Å². The molecule has 2 fully saturated rings. The maximum absolute atomic E-state index is 12.6. The molecule has 5 heteroatoms. The maximum Gasteiger partial charge on any atom is 0.258 e. The molecule has 0 bridgehead atoms. The van der Waals surface area contributed by atoms with E-state index in [0.29, 0.717) is 5.65 Å². The lowest BCUT2D eigenvalue weighted by Gasteiger charge is -2.29. The molecule has 29 heavy (non-hydrogen) atoms. The highest BCUT2D eigenvalue weighted by atomic mass is 16.1. The fraction of sp³-hybridized carbons (Fsp3) is 0.417. The minimum absolute atomic E-state index is 0.0486. The van der Waals surface area contributed by atoms with Gasteiger partial charge >= 0.3 is 0 Å². The van der Waals surface area contributed by atoms with Gasteiger partial charge in [-0.2, -0.15) is 0 Å². The molecular formula is C24H30N4O. The molecule has 0 radical (unpaired) electrons. The molecule has 152 valence electrons. The SMILES string of the molecule is CC1CCC1.Cc1ccc(-c2cc(=O)n3cc(N4CCNCC4)ccc3n2)cc1. The molecule has 1 saturated carbocycles. The highest BCUT2D eigenvalue weighted by Gasteiger charge is 2.12. The number of anilines is 1. The second-order valence-electron chi connectivity index (χ2n) is 8.23. The Balaban J connectivity index is 0.000000359. The Hall–Kier alpha value is -2.66. The van der Waals surface area contributed by atoms with Crippen LogP contribution >= 0.6 is 0 Å². The third kappa shape index (κ3) is 4.67. The highest BCUT2D eigenvalue weighted by molar-refractivity contribution is 5.63. The van der Waals surface area contributed by atoms with Crippen molar-refractivity contribution in [3.63, 3.8) is 0 Å². The van der Waals surface area contributed by atoms with Crippen molar-refractivity contribution >= 4 is 11.3 Å². The third-order valence-corrected chi connectivity index (χ3v) is 5.87. The zero-order valence-corrected chi connectivity index (χ0v) is 17.4. The summed E-state index contributed by atoms with van der Waals surface area (Å²) in [6, 6.07) is 13.7. The molecule has 1 aliphatic carbocycles. The molecule has 0 atom stereocenters. The molecular weight excluding hydrogens is 360 g/mol. The number of nitrogens with one attached hydrogen (secondary N) is 1. The lowest BCUT2D eigenvalue weighted by Crippen LogP contribution is -2.43. The van der Waals surface area contributed by atoms with E-state index in [9.17, 15) is 4.79 Å². The number of fused-ring (bicyclic) bond motifs is 1. The zero-order valence-electron chi connectivity index (χ0n) is 17.4. The Morgan fingerprint density at radius 1 is 1.03 bits per heavy atom. The number of aromatic nitrogens is 2. The van der Waals surface area contributed by atoms with Crippen LogP contribution < -0.4 is 15.8 Å². The van der Waals surface area contributed by atoms with Crippen molar-refractivity contribution in [2.75, 3.05) is 31.1 Å². The molecule has 1 aromatic carbocycles. The average Bonchev–Trinajstić information content (AvgIpc) is 2.73. The number of hydrogen-bond acceptors (Lipinski definition) is 4. The third-order valence-electron chi connectivity index (χ3n) is 5.87. The monoisotopic (exact) mass is 390 g/mol. The first-order valence-corrected chi connectivity index (χ1v) is 10.7. The van der Waals surface area contributed by atoms with Crippen LogP contribution in [0.5, 0.6) is 0 Å². The van der Waals surface area contributed by atoms with Gasteiger partial charge in [0.25, 0.3) is 5.56 Å². The van der Waals surface area contributed by atoms with Crippen molar-refractivity contribution < 1.29 is 0 Å². The summed E-state index contributed by atoms with van der Waals surface area (Å²) in [4.78, 5) is 19.5. The molecule has 0 spiro atoms. The predicted molar refractivity (Wildman–Crippen MR) is 120 cm³/mol. The Morgan fingerprint density at radius 2 is 1.72 bits per heavy atom. The van der Waals surface area contributed by atoms with Gasteiger partial charge in [0.05, 0.1) is 11.4 Å². The number of rotatable bonds is 2. The van der Waals surface area contributed by atoms with Crippen LogP contribution in [0.4, 0.5) is 5.69 Å². The summed E-state index contributed by atoms with van der Waals surface area (Å²) in [6.07, 6.45) is 6.36. The first-order chi connectivity index (χ1) is 14.1. The summed E-state index contributed by atoms with van der Waals surface area (Å²) in [5.41, 5.74) is 4.57. The van der Waals surface area contributed by atoms with Gasteiger partial charge in [-0.15, -0.1) is 0 Å². The van der Waals surface area contributed by atoms with Crippen LogP contribution in [0, 0.1) is 12.8 Å². The average molecular weight is 391 g/mol. The first kappa shape index (κ1) is 19.6. The van der Waals surface area contributed by atoms with Gasteiger partial charge in [0.2, 0.25) is 0 Å². The number of piperazine rings is 1. The molecule has 0 unspecified atom stereocenters.